The van der Waals surface area contributed by atoms with Gasteiger partial charge >= 0.3 is 0 Å². The lowest BCUT2D eigenvalue weighted by molar-refractivity contribution is 0.101. The lowest BCUT2D eigenvalue weighted by Gasteiger charge is -2.08. The summed E-state index contributed by atoms with van der Waals surface area (Å²) in [6.07, 6.45) is 5.41. The molecule has 21 heavy (non-hydrogen) atoms. The maximum Gasteiger partial charge on any atom is 0.272 e. The molecular formula is C17H21BrN2O. The Bertz CT molecular complexity index is 602. The van der Waals surface area contributed by atoms with Gasteiger partial charge in [-0.25, -0.2) is 0 Å². The zero-order chi connectivity index (χ0) is 15.2. The highest BCUT2D eigenvalue weighted by Crippen LogP contribution is 2.17. The third kappa shape index (κ3) is 4.21. The number of amides is 1. The largest absolute Gasteiger partial charge is 0.343 e. The number of unbranched alkanes of at least 4 members (excludes halogenated alkanes) is 1. The molecule has 112 valence electrons. The average molecular weight is 349 g/mol. The Morgan fingerprint density at radius 3 is 2.57 bits per heavy atom. The minimum absolute atomic E-state index is 0.0798. The second-order valence-corrected chi connectivity index (χ2v) is 6.00. The van der Waals surface area contributed by atoms with Crippen molar-refractivity contribution in [3.05, 3.63) is 52.3 Å². The Morgan fingerprint density at radius 2 is 1.95 bits per heavy atom. The fourth-order valence-electron chi connectivity index (χ4n) is 2.26. The molecule has 0 aliphatic heterocycles. The van der Waals surface area contributed by atoms with Gasteiger partial charge < -0.3 is 9.88 Å². The molecular weight excluding hydrogens is 328 g/mol. The summed E-state index contributed by atoms with van der Waals surface area (Å²) in [6, 6.07) is 9.95. The van der Waals surface area contributed by atoms with Gasteiger partial charge in [0.1, 0.15) is 5.69 Å². The van der Waals surface area contributed by atoms with Crippen LogP contribution in [0.5, 0.6) is 0 Å². The molecule has 1 N–H and O–H groups in total. The summed E-state index contributed by atoms with van der Waals surface area (Å²) < 4.78 is 2.85. The molecule has 2 rings (SSSR count). The van der Waals surface area contributed by atoms with Gasteiger partial charge in [-0.05, 0) is 59.5 Å². The molecule has 2 aromatic rings. The minimum Gasteiger partial charge on any atom is -0.343 e. The molecule has 0 radical (unpaired) electrons. The van der Waals surface area contributed by atoms with Crippen LogP contribution < -0.4 is 5.32 Å². The van der Waals surface area contributed by atoms with Crippen LogP contribution in [0.25, 0.3) is 0 Å². The second kappa shape index (κ2) is 7.46. The molecule has 0 aliphatic rings. The number of nitrogens with zero attached hydrogens (tertiary/aromatic N) is 1. The number of halogens is 1. The Morgan fingerprint density at radius 1 is 1.24 bits per heavy atom. The van der Waals surface area contributed by atoms with Crippen molar-refractivity contribution in [3.8, 4) is 0 Å². The number of hydrogen-bond acceptors (Lipinski definition) is 1. The Kier molecular flexibility index (Phi) is 5.62. The van der Waals surface area contributed by atoms with Crippen LogP contribution in [0.2, 0.25) is 0 Å². The highest BCUT2D eigenvalue weighted by Gasteiger charge is 2.12. The number of carbonyl (C=O) groups excluding carboxylic acids is 1. The van der Waals surface area contributed by atoms with Crippen LogP contribution >= 0.6 is 15.9 Å². The highest BCUT2D eigenvalue weighted by molar-refractivity contribution is 9.10. The van der Waals surface area contributed by atoms with E-state index in [0.29, 0.717) is 5.69 Å². The van der Waals surface area contributed by atoms with Crippen LogP contribution in [0.3, 0.4) is 0 Å². The summed E-state index contributed by atoms with van der Waals surface area (Å²) >= 11 is 3.41. The number of nitrogens with one attached hydrogen (secondary N) is 1. The predicted molar refractivity (Wildman–Crippen MR) is 90.8 cm³/mol. The van der Waals surface area contributed by atoms with E-state index >= 15 is 0 Å². The first-order valence-electron chi connectivity index (χ1n) is 7.40. The number of hydrogen-bond donors (Lipinski definition) is 1. The zero-order valence-electron chi connectivity index (χ0n) is 12.5. The monoisotopic (exact) mass is 348 g/mol. The fourth-order valence-corrected chi connectivity index (χ4v) is 2.72. The van der Waals surface area contributed by atoms with E-state index in [9.17, 15) is 4.79 Å². The first kappa shape index (κ1) is 15.8. The van der Waals surface area contributed by atoms with Crippen molar-refractivity contribution >= 4 is 27.5 Å². The standard InChI is InChI=1S/C17H21BrN2O/c1-3-5-6-13-7-9-15(10-8-13)19-17(21)16-11-14(18)12-20(16)4-2/h7-12H,3-6H2,1-2H3,(H,19,21). The SMILES string of the molecule is CCCCc1ccc(NC(=O)c2cc(Br)cn2CC)cc1. The van der Waals surface area contributed by atoms with Gasteiger partial charge in [0.15, 0.2) is 0 Å². The fraction of sp³-hybridized carbons (Fsp3) is 0.353. The molecule has 0 saturated heterocycles. The van der Waals surface area contributed by atoms with Crippen molar-refractivity contribution in [2.45, 2.75) is 39.7 Å². The van der Waals surface area contributed by atoms with Gasteiger partial charge in [0.25, 0.3) is 5.91 Å². The van der Waals surface area contributed by atoms with E-state index in [1.54, 1.807) is 0 Å². The highest BCUT2D eigenvalue weighted by atomic mass is 79.9. The normalized spacial score (nSPS) is 10.6. The van der Waals surface area contributed by atoms with E-state index in [0.717, 1.165) is 23.1 Å². The quantitative estimate of drug-likeness (QED) is 0.794. The molecule has 0 saturated carbocycles. The van der Waals surface area contributed by atoms with Gasteiger partial charge in [0, 0.05) is 22.9 Å². The van der Waals surface area contributed by atoms with E-state index in [1.165, 1.54) is 18.4 Å². The summed E-state index contributed by atoms with van der Waals surface area (Å²) in [6.45, 7) is 4.98. The maximum absolute atomic E-state index is 12.3. The maximum atomic E-state index is 12.3. The first-order chi connectivity index (χ1) is 10.1. The van der Waals surface area contributed by atoms with E-state index < -0.39 is 0 Å². The van der Waals surface area contributed by atoms with Gasteiger partial charge in [-0.1, -0.05) is 25.5 Å². The molecule has 1 heterocycles. The van der Waals surface area contributed by atoms with E-state index in [4.69, 9.17) is 0 Å². The van der Waals surface area contributed by atoms with Gasteiger partial charge in [-0.2, -0.15) is 0 Å². The van der Waals surface area contributed by atoms with E-state index in [-0.39, 0.29) is 5.91 Å². The molecule has 0 fully saturated rings. The van der Waals surface area contributed by atoms with Gasteiger partial charge in [-0.15, -0.1) is 0 Å². The van der Waals surface area contributed by atoms with Gasteiger partial charge in [0.05, 0.1) is 0 Å². The lowest BCUT2D eigenvalue weighted by atomic mass is 10.1. The second-order valence-electron chi connectivity index (χ2n) is 5.08. The van der Waals surface area contributed by atoms with Crippen LogP contribution in [-0.2, 0) is 13.0 Å². The van der Waals surface area contributed by atoms with Crippen molar-refractivity contribution in [1.29, 1.82) is 0 Å². The van der Waals surface area contributed by atoms with Crippen LogP contribution in [-0.4, -0.2) is 10.5 Å². The van der Waals surface area contributed by atoms with Crippen LogP contribution in [0.1, 0.15) is 42.7 Å². The number of benzene rings is 1. The molecule has 4 heteroatoms. The van der Waals surface area contributed by atoms with Crippen molar-refractivity contribution < 1.29 is 4.79 Å². The Hall–Kier alpha value is -1.55. The van der Waals surface area contributed by atoms with Crippen molar-refractivity contribution in [3.63, 3.8) is 0 Å². The lowest BCUT2D eigenvalue weighted by Crippen LogP contribution is -2.16. The summed E-state index contributed by atoms with van der Waals surface area (Å²) in [7, 11) is 0. The molecule has 1 aromatic heterocycles. The average Bonchev–Trinajstić information content (AvgIpc) is 2.88. The summed E-state index contributed by atoms with van der Waals surface area (Å²) in [4.78, 5) is 12.3. The van der Waals surface area contributed by atoms with E-state index in [1.807, 2.05) is 35.9 Å². The molecule has 0 atom stereocenters. The summed E-state index contributed by atoms with van der Waals surface area (Å²) in [5.41, 5.74) is 2.81. The smallest absolute Gasteiger partial charge is 0.272 e. The van der Waals surface area contributed by atoms with Crippen molar-refractivity contribution in [1.82, 2.24) is 4.57 Å². The minimum atomic E-state index is -0.0798. The predicted octanol–water partition coefficient (Wildman–Crippen LogP) is 4.87. The third-order valence-corrected chi connectivity index (χ3v) is 3.90. The molecule has 0 bridgehead atoms. The van der Waals surface area contributed by atoms with Crippen LogP contribution in [0.15, 0.2) is 41.0 Å². The number of anilines is 1. The number of aryl methyl sites for hydroxylation is 2. The molecule has 0 spiro atoms. The van der Waals surface area contributed by atoms with Crippen LogP contribution in [0, 0.1) is 0 Å². The van der Waals surface area contributed by atoms with Gasteiger partial charge in [0.2, 0.25) is 0 Å². The molecule has 0 unspecified atom stereocenters. The molecule has 3 nitrogen and oxygen atoms in total. The molecule has 1 aromatic carbocycles. The number of carbonyl (C=O) groups is 1. The number of aromatic nitrogens is 1. The third-order valence-electron chi connectivity index (χ3n) is 3.47. The summed E-state index contributed by atoms with van der Waals surface area (Å²) in [5.74, 6) is -0.0798. The number of rotatable bonds is 6. The van der Waals surface area contributed by atoms with E-state index in [2.05, 4.69) is 40.3 Å². The van der Waals surface area contributed by atoms with Gasteiger partial charge in [-0.3, -0.25) is 4.79 Å². The zero-order valence-corrected chi connectivity index (χ0v) is 14.1. The Labute approximate surface area is 134 Å². The van der Waals surface area contributed by atoms with Crippen molar-refractivity contribution in [2.24, 2.45) is 0 Å². The van der Waals surface area contributed by atoms with Crippen molar-refractivity contribution in [2.75, 3.05) is 5.32 Å². The first-order valence-corrected chi connectivity index (χ1v) is 8.19. The molecule has 1 amide bonds. The summed E-state index contributed by atoms with van der Waals surface area (Å²) in [5, 5.41) is 2.95. The topological polar surface area (TPSA) is 34.0 Å². The Balaban J connectivity index is 2.05. The van der Waals surface area contributed by atoms with Crippen LogP contribution in [0.4, 0.5) is 5.69 Å². The molecule has 0 aliphatic carbocycles.